The summed E-state index contributed by atoms with van der Waals surface area (Å²) in [5.41, 5.74) is -1.61. The van der Waals surface area contributed by atoms with Crippen molar-refractivity contribution in [1.29, 1.82) is 0 Å². The summed E-state index contributed by atoms with van der Waals surface area (Å²) in [6.45, 7) is 1.38. The highest BCUT2D eigenvalue weighted by molar-refractivity contribution is 7.90. The number of halogens is 6. The molecule has 1 amide bonds. The molecule has 31 heavy (non-hydrogen) atoms. The molecule has 0 aliphatic rings. The minimum absolute atomic E-state index is 0.0529. The molecule has 1 N–H and O–H groups in total. The van der Waals surface area contributed by atoms with Crippen molar-refractivity contribution in [3.8, 4) is 5.69 Å². The second-order valence-electron chi connectivity index (χ2n) is 6.08. The van der Waals surface area contributed by atoms with Crippen molar-refractivity contribution in [3.05, 3.63) is 68.4 Å². The number of hydrogen-bond acceptors (Lipinski definition) is 5. The molecule has 0 fully saturated rings. The van der Waals surface area contributed by atoms with Crippen LogP contribution in [0.25, 0.3) is 5.69 Å². The molecule has 0 unspecified atom stereocenters. The standard InChI is InChI=1S/C17H10Cl3F3N4O3S/c1-8-15(24-26-27(8)13-7-11(19)10(18)6-12(13)20)16(28)25-31(29,30)14-5-3-2-4-9(14)17(21,22)23/h2-7H,1H3,(H,25,28). The van der Waals surface area contributed by atoms with Crippen molar-refractivity contribution in [3.63, 3.8) is 0 Å². The Kier molecular flexibility index (Phi) is 6.25. The Morgan fingerprint density at radius 2 is 1.68 bits per heavy atom. The predicted molar refractivity (Wildman–Crippen MR) is 107 cm³/mol. The van der Waals surface area contributed by atoms with Crippen LogP contribution in [0, 0.1) is 6.92 Å². The first kappa shape index (κ1) is 23.3. The molecule has 0 spiro atoms. The van der Waals surface area contributed by atoms with Gasteiger partial charge < -0.3 is 0 Å². The highest BCUT2D eigenvalue weighted by Gasteiger charge is 2.37. The number of hydrogen-bond donors (Lipinski definition) is 1. The lowest BCUT2D eigenvalue weighted by atomic mass is 10.2. The zero-order chi connectivity index (χ0) is 23.1. The topological polar surface area (TPSA) is 93.9 Å². The molecule has 1 aromatic heterocycles. The molecule has 0 saturated carbocycles. The van der Waals surface area contributed by atoms with Gasteiger partial charge in [-0.15, -0.1) is 5.10 Å². The minimum atomic E-state index is -4.95. The van der Waals surface area contributed by atoms with Crippen LogP contribution in [-0.4, -0.2) is 29.3 Å². The molecule has 0 aliphatic carbocycles. The second kappa shape index (κ2) is 8.30. The van der Waals surface area contributed by atoms with Gasteiger partial charge in [-0.25, -0.2) is 17.8 Å². The summed E-state index contributed by atoms with van der Waals surface area (Å²) in [5, 5.41) is 7.77. The number of amides is 1. The lowest BCUT2D eigenvalue weighted by molar-refractivity contribution is -0.139. The number of nitrogens with zero attached hydrogens (tertiary/aromatic N) is 3. The van der Waals surface area contributed by atoms with Crippen LogP contribution in [0.5, 0.6) is 0 Å². The van der Waals surface area contributed by atoms with Gasteiger partial charge in [0.2, 0.25) is 0 Å². The Morgan fingerprint density at radius 3 is 2.32 bits per heavy atom. The largest absolute Gasteiger partial charge is 0.417 e. The highest BCUT2D eigenvalue weighted by atomic mass is 35.5. The van der Waals surface area contributed by atoms with Crippen LogP contribution in [0.3, 0.4) is 0 Å². The van der Waals surface area contributed by atoms with Gasteiger partial charge in [-0.3, -0.25) is 4.79 Å². The van der Waals surface area contributed by atoms with E-state index >= 15 is 0 Å². The van der Waals surface area contributed by atoms with Crippen LogP contribution in [0.2, 0.25) is 15.1 Å². The van der Waals surface area contributed by atoms with Crippen LogP contribution >= 0.6 is 34.8 Å². The van der Waals surface area contributed by atoms with E-state index < -0.39 is 38.3 Å². The maximum Gasteiger partial charge on any atom is 0.417 e. The molecule has 0 aliphatic heterocycles. The molecule has 14 heteroatoms. The number of carbonyl (C=O) groups is 1. The zero-order valence-electron chi connectivity index (χ0n) is 15.2. The predicted octanol–water partition coefficient (Wildman–Crippen LogP) is 4.67. The second-order valence-corrected chi connectivity index (χ2v) is 8.95. The average Bonchev–Trinajstić information content (AvgIpc) is 3.05. The first-order valence-corrected chi connectivity index (χ1v) is 10.7. The summed E-state index contributed by atoms with van der Waals surface area (Å²) < 4.78 is 67.1. The third-order valence-corrected chi connectivity index (χ3v) is 6.45. The molecule has 0 saturated heterocycles. The maximum atomic E-state index is 13.2. The Labute approximate surface area is 188 Å². The number of alkyl halides is 3. The van der Waals surface area contributed by atoms with Crippen LogP contribution < -0.4 is 4.72 Å². The van der Waals surface area contributed by atoms with Crippen LogP contribution in [0.15, 0.2) is 41.3 Å². The Morgan fingerprint density at radius 1 is 1.06 bits per heavy atom. The van der Waals surface area contributed by atoms with E-state index in [1.165, 1.54) is 19.1 Å². The van der Waals surface area contributed by atoms with Gasteiger partial charge in [0.15, 0.2) is 5.69 Å². The van der Waals surface area contributed by atoms with Crippen molar-refractivity contribution < 1.29 is 26.4 Å². The van der Waals surface area contributed by atoms with Gasteiger partial charge in [0, 0.05) is 0 Å². The summed E-state index contributed by atoms with van der Waals surface area (Å²) in [4.78, 5) is 11.4. The molecule has 3 rings (SSSR count). The third kappa shape index (κ3) is 4.64. The van der Waals surface area contributed by atoms with Crippen LogP contribution in [0.1, 0.15) is 21.7 Å². The molecule has 3 aromatic rings. The van der Waals surface area contributed by atoms with Crippen molar-refractivity contribution >= 4 is 50.7 Å². The SMILES string of the molecule is Cc1c(C(=O)NS(=O)(=O)c2ccccc2C(F)(F)F)nnn1-c1cc(Cl)c(Cl)cc1Cl. The fourth-order valence-corrected chi connectivity index (χ4v) is 4.41. The summed E-state index contributed by atoms with van der Waals surface area (Å²) in [7, 11) is -4.88. The maximum absolute atomic E-state index is 13.2. The molecule has 0 bridgehead atoms. The highest BCUT2D eigenvalue weighted by Crippen LogP contribution is 2.34. The quantitative estimate of drug-likeness (QED) is 0.512. The molecule has 0 atom stereocenters. The number of carbonyl (C=O) groups excluding carboxylic acids is 1. The van der Waals surface area contributed by atoms with Crippen molar-refractivity contribution in [2.75, 3.05) is 0 Å². The molecule has 1 heterocycles. The zero-order valence-corrected chi connectivity index (χ0v) is 18.3. The number of nitrogens with one attached hydrogen (secondary N) is 1. The van der Waals surface area contributed by atoms with Crippen molar-refractivity contribution in [2.45, 2.75) is 18.0 Å². The van der Waals surface area contributed by atoms with Gasteiger partial charge in [-0.2, -0.15) is 13.2 Å². The van der Waals surface area contributed by atoms with E-state index in [1.54, 1.807) is 4.72 Å². The van der Waals surface area contributed by atoms with E-state index in [9.17, 15) is 26.4 Å². The fraction of sp³-hybridized carbons (Fsp3) is 0.118. The summed E-state index contributed by atoms with van der Waals surface area (Å²) in [6, 6.07) is 6.14. The Balaban J connectivity index is 1.97. The smallest absolute Gasteiger partial charge is 0.266 e. The molecule has 7 nitrogen and oxygen atoms in total. The van der Waals surface area contributed by atoms with E-state index in [4.69, 9.17) is 34.8 Å². The average molecular weight is 514 g/mol. The molecular formula is C17H10Cl3F3N4O3S. The van der Waals surface area contributed by atoms with Crippen molar-refractivity contribution in [2.24, 2.45) is 0 Å². The fourth-order valence-electron chi connectivity index (χ4n) is 2.60. The van der Waals surface area contributed by atoms with E-state index in [0.29, 0.717) is 6.07 Å². The first-order valence-electron chi connectivity index (χ1n) is 8.13. The van der Waals surface area contributed by atoms with E-state index in [-0.39, 0.29) is 26.4 Å². The molecule has 164 valence electrons. The van der Waals surface area contributed by atoms with Crippen LogP contribution in [-0.2, 0) is 16.2 Å². The summed E-state index contributed by atoms with van der Waals surface area (Å²) >= 11 is 17.9. The van der Waals surface area contributed by atoms with E-state index in [2.05, 4.69) is 10.3 Å². The van der Waals surface area contributed by atoms with E-state index in [0.717, 1.165) is 22.9 Å². The van der Waals surface area contributed by atoms with Gasteiger partial charge in [0.1, 0.15) is 0 Å². The molecular weight excluding hydrogens is 504 g/mol. The summed E-state index contributed by atoms with van der Waals surface area (Å²) in [5.74, 6) is -1.28. The molecule has 2 aromatic carbocycles. The van der Waals surface area contributed by atoms with E-state index in [1.807, 2.05) is 0 Å². The minimum Gasteiger partial charge on any atom is -0.266 e. The number of aromatic nitrogens is 3. The third-order valence-electron chi connectivity index (χ3n) is 4.04. The molecule has 0 radical (unpaired) electrons. The van der Waals surface area contributed by atoms with Gasteiger partial charge in [-0.05, 0) is 31.2 Å². The van der Waals surface area contributed by atoms with Gasteiger partial charge in [0.05, 0.1) is 36.9 Å². The summed E-state index contributed by atoms with van der Waals surface area (Å²) in [6.07, 6.45) is -4.95. The van der Waals surface area contributed by atoms with Gasteiger partial charge in [-0.1, -0.05) is 52.1 Å². The number of rotatable bonds is 4. The van der Waals surface area contributed by atoms with Gasteiger partial charge in [0.25, 0.3) is 15.9 Å². The monoisotopic (exact) mass is 512 g/mol. The normalized spacial score (nSPS) is 12.1. The first-order chi connectivity index (χ1) is 14.3. The number of sulfonamides is 1. The Hall–Kier alpha value is -2.34. The lowest BCUT2D eigenvalue weighted by Gasteiger charge is -2.13. The Bertz CT molecular complexity index is 1290. The van der Waals surface area contributed by atoms with Crippen molar-refractivity contribution in [1.82, 2.24) is 19.7 Å². The van der Waals surface area contributed by atoms with Gasteiger partial charge >= 0.3 is 6.18 Å². The number of benzene rings is 2. The van der Waals surface area contributed by atoms with Crippen LogP contribution in [0.4, 0.5) is 13.2 Å². The lowest BCUT2D eigenvalue weighted by Crippen LogP contribution is -2.32.